The first-order chi connectivity index (χ1) is 12.9. The molecule has 4 aliphatic rings. The molecular formula is C22H32N2O3S. The maximum atomic E-state index is 13.2. The second-order valence-corrected chi connectivity index (χ2v) is 12.2. The van der Waals surface area contributed by atoms with Crippen molar-refractivity contribution < 1.29 is 13.2 Å². The van der Waals surface area contributed by atoms with Gasteiger partial charge in [-0.15, -0.1) is 0 Å². The highest BCUT2D eigenvalue weighted by atomic mass is 32.2. The van der Waals surface area contributed by atoms with Crippen molar-refractivity contribution in [3.8, 4) is 0 Å². The molecule has 4 fully saturated rings. The maximum absolute atomic E-state index is 13.2. The molecule has 1 amide bonds. The molecule has 0 aromatic heterocycles. The fourth-order valence-electron chi connectivity index (χ4n) is 6.05. The fraction of sp³-hybridized carbons (Fsp3) is 0.682. The number of carbonyl (C=O) groups excluding carboxylic acids is 1. The summed E-state index contributed by atoms with van der Waals surface area (Å²) in [4.78, 5) is 13.3. The number of amides is 1. The highest BCUT2D eigenvalue weighted by molar-refractivity contribution is 7.89. The zero-order valence-electron chi connectivity index (χ0n) is 17.3. The van der Waals surface area contributed by atoms with Gasteiger partial charge in [-0.2, -0.15) is 0 Å². The van der Waals surface area contributed by atoms with Crippen molar-refractivity contribution in [1.82, 2.24) is 10.0 Å². The molecule has 0 radical (unpaired) electrons. The lowest BCUT2D eigenvalue weighted by atomic mass is 9.53. The van der Waals surface area contributed by atoms with Gasteiger partial charge in [0.1, 0.15) is 0 Å². The van der Waals surface area contributed by atoms with Crippen LogP contribution in [0.2, 0.25) is 0 Å². The van der Waals surface area contributed by atoms with E-state index in [9.17, 15) is 13.2 Å². The van der Waals surface area contributed by atoms with Crippen LogP contribution in [0.25, 0.3) is 0 Å². The Morgan fingerprint density at radius 1 is 1.04 bits per heavy atom. The molecule has 4 bridgehead atoms. The molecule has 4 saturated carbocycles. The van der Waals surface area contributed by atoms with Gasteiger partial charge >= 0.3 is 0 Å². The van der Waals surface area contributed by atoms with Gasteiger partial charge in [-0.05, 0) is 102 Å². The van der Waals surface area contributed by atoms with Gasteiger partial charge in [-0.3, -0.25) is 4.79 Å². The van der Waals surface area contributed by atoms with E-state index in [0.717, 1.165) is 42.6 Å². The Hall–Kier alpha value is -1.40. The van der Waals surface area contributed by atoms with E-state index in [0.29, 0.717) is 5.56 Å². The highest BCUT2D eigenvalue weighted by Crippen LogP contribution is 2.55. The lowest BCUT2D eigenvalue weighted by Crippen LogP contribution is -2.59. The number of sulfonamides is 1. The van der Waals surface area contributed by atoms with Gasteiger partial charge in [-0.25, -0.2) is 13.1 Å². The van der Waals surface area contributed by atoms with E-state index >= 15 is 0 Å². The van der Waals surface area contributed by atoms with E-state index in [-0.39, 0.29) is 16.3 Å². The number of hydrogen-bond acceptors (Lipinski definition) is 3. The predicted molar refractivity (Wildman–Crippen MR) is 110 cm³/mol. The van der Waals surface area contributed by atoms with Gasteiger partial charge < -0.3 is 5.32 Å². The predicted octanol–water partition coefficient (Wildman–Crippen LogP) is 3.77. The molecule has 0 unspecified atom stereocenters. The van der Waals surface area contributed by atoms with Crippen molar-refractivity contribution >= 4 is 15.9 Å². The Bertz CT molecular complexity index is 864. The molecule has 1 aromatic carbocycles. The molecule has 2 N–H and O–H groups in total. The molecule has 5 nitrogen and oxygen atoms in total. The van der Waals surface area contributed by atoms with Crippen LogP contribution in [0.3, 0.4) is 0 Å². The number of hydrogen-bond donors (Lipinski definition) is 2. The summed E-state index contributed by atoms with van der Waals surface area (Å²) in [6.45, 7) is 7.28. The Morgan fingerprint density at radius 2 is 1.57 bits per heavy atom. The third-order valence-corrected chi connectivity index (χ3v) is 8.38. The van der Waals surface area contributed by atoms with E-state index < -0.39 is 15.6 Å². The third-order valence-electron chi connectivity index (χ3n) is 6.62. The molecule has 28 heavy (non-hydrogen) atoms. The van der Waals surface area contributed by atoms with Crippen molar-refractivity contribution in [1.29, 1.82) is 0 Å². The average Bonchev–Trinajstić information content (AvgIpc) is 2.50. The van der Waals surface area contributed by atoms with Gasteiger partial charge in [0.25, 0.3) is 5.91 Å². The molecule has 6 heteroatoms. The lowest BCUT2D eigenvalue weighted by Gasteiger charge is -2.56. The average molecular weight is 405 g/mol. The largest absolute Gasteiger partial charge is 0.347 e. The van der Waals surface area contributed by atoms with E-state index in [1.165, 1.54) is 25.3 Å². The zero-order chi connectivity index (χ0) is 20.3. The van der Waals surface area contributed by atoms with Crippen LogP contribution in [0, 0.1) is 24.7 Å². The number of rotatable bonds is 4. The molecule has 4 aliphatic carbocycles. The van der Waals surface area contributed by atoms with Crippen molar-refractivity contribution in [2.75, 3.05) is 0 Å². The minimum Gasteiger partial charge on any atom is -0.347 e. The molecule has 0 aliphatic heterocycles. The van der Waals surface area contributed by atoms with Gasteiger partial charge in [-0.1, -0.05) is 6.07 Å². The summed E-state index contributed by atoms with van der Waals surface area (Å²) in [6, 6.07) is 4.83. The summed E-state index contributed by atoms with van der Waals surface area (Å²) in [5.41, 5.74) is 0.603. The van der Waals surface area contributed by atoms with Crippen LogP contribution in [-0.4, -0.2) is 25.4 Å². The van der Waals surface area contributed by atoms with Crippen LogP contribution >= 0.6 is 0 Å². The molecule has 0 saturated heterocycles. The van der Waals surface area contributed by atoms with Crippen molar-refractivity contribution in [3.63, 3.8) is 0 Å². The number of aryl methyl sites for hydroxylation is 1. The van der Waals surface area contributed by atoms with Crippen LogP contribution in [0.1, 0.15) is 75.2 Å². The molecule has 0 heterocycles. The minimum atomic E-state index is -3.67. The van der Waals surface area contributed by atoms with Crippen LogP contribution in [0.4, 0.5) is 0 Å². The van der Waals surface area contributed by atoms with Crippen LogP contribution in [0.15, 0.2) is 23.1 Å². The first-order valence-electron chi connectivity index (χ1n) is 10.4. The molecule has 1 aromatic rings. The maximum Gasteiger partial charge on any atom is 0.252 e. The van der Waals surface area contributed by atoms with Crippen LogP contribution in [0.5, 0.6) is 0 Å². The van der Waals surface area contributed by atoms with Crippen molar-refractivity contribution in [2.24, 2.45) is 17.8 Å². The normalized spacial score (nSPS) is 31.8. The summed E-state index contributed by atoms with van der Waals surface area (Å²) >= 11 is 0. The minimum absolute atomic E-state index is 0.0865. The second kappa shape index (κ2) is 6.56. The smallest absolute Gasteiger partial charge is 0.252 e. The molecule has 0 atom stereocenters. The number of benzene rings is 1. The van der Waals surface area contributed by atoms with Gasteiger partial charge in [0.15, 0.2) is 0 Å². The molecule has 154 valence electrons. The Labute approximate surface area is 168 Å². The van der Waals surface area contributed by atoms with E-state index in [4.69, 9.17) is 0 Å². The molecule has 5 rings (SSSR count). The standard InChI is InChI=1S/C22H32N2O3S/c1-14-5-6-18(28(26,27)24-21(2,3)4)10-19(14)20(25)23-22-11-15-7-16(12-22)9-17(8-15)13-22/h5-6,10,15-17,24H,7-9,11-13H2,1-4H3,(H,23,25). The van der Waals surface area contributed by atoms with Crippen LogP contribution < -0.4 is 10.0 Å². The summed E-state index contributed by atoms with van der Waals surface area (Å²) in [5, 5.41) is 3.35. The van der Waals surface area contributed by atoms with E-state index in [1.807, 2.05) is 6.92 Å². The van der Waals surface area contributed by atoms with Gasteiger partial charge in [0.2, 0.25) is 10.0 Å². The summed E-state index contributed by atoms with van der Waals surface area (Å²) in [7, 11) is -3.67. The number of carbonyl (C=O) groups is 1. The zero-order valence-corrected chi connectivity index (χ0v) is 18.2. The van der Waals surface area contributed by atoms with E-state index in [1.54, 1.807) is 32.9 Å². The summed E-state index contributed by atoms with van der Waals surface area (Å²) in [6.07, 6.45) is 7.19. The first kappa shape index (κ1) is 19.9. The molecule has 0 spiro atoms. The van der Waals surface area contributed by atoms with E-state index in [2.05, 4.69) is 10.0 Å². The SMILES string of the molecule is Cc1ccc(S(=O)(=O)NC(C)(C)C)cc1C(=O)NC12CC3CC(CC(C3)C1)C2. The highest BCUT2D eigenvalue weighted by Gasteiger charge is 2.51. The topological polar surface area (TPSA) is 75.3 Å². The fourth-order valence-corrected chi connectivity index (χ4v) is 7.49. The second-order valence-electron chi connectivity index (χ2n) is 10.5. The van der Waals surface area contributed by atoms with Gasteiger partial charge in [0.05, 0.1) is 4.90 Å². The monoisotopic (exact) mass is 404 g/mol. The molecular weight excluding hydrogens is 372 g/mol. The van der Waals surface area contributed by atoms with Crippen LogP contribution in [-0.2, 0) is 10.0 Å². The Morgan fingerprint density at radius 3 is 2.07 bits per heavy atom. The van der Waals surface area contributed by atoms with Gasteiger partial charge in [0, 0.05) is 16.6 Å². The third kappa shape index (κ3) is 3.86. The summed E-state index contributed by atoms with van der Waals surface area (Å²) in [5.74, 6) is 2.10. The Kier molecular flexibility index (Phi) is 4.66. The van der Waals surface area contributed by atoms with Crippen molar-refractivity contribution in [3.05, 3.63) is 29.3 Å². The Balaban J connectivity index is 1.58. The number of nitrogens with one attached hydrogen (secondary N) is 2. The first-order valence-corrected chi connectivity index (χ1v) is 11.9. The lowest BCUT2D eigenvalue weighted by molar-refractivity contribution is -0.0167. The summed E-state index contributed by atoms with van der Waals surface area (Å²) < 4.78 is 28.1. The van der Waals surface area contributed by atoms with Crippen molar-refractivity contribution in [2.45, 2.75) is 82.2 Å². The quantitative estimate of drug-likeness (QED) is 0.802.